The normalized spacial score (nSPS) is 16.5. The second kappa shape index (κ2) is 6.07. The predicted molar refractivity (Wildman–Crippen MR) is 88.6 cm³/mol. The topological polar surface area (TPSA) is 59.8 Å². The van der Waals surface area contributed by atoms with E-state index in [-0.39, 0.29) is 12.7 Å². The quantitative estimate of drug-likeness (QED) is 0.856. The summed E-state index contributed by atoms with van der Waals surface area (Å²) >= 11 is 0. The number of piperazine rings is 1. The molecule has 2 aliphatic rings. The number of benzene rings is 1. The van der Waals surface area contributed by atoms with E-state index in [1.54, 1.807) is 18.2 Å². The van der Waals surface area contributed by atoms with Gasteiger partial charge in [0.05, 0.1) is 0 Å². The molecule has 0 atom stereocenters. The Morgan fingerprint density at radius 3 is 2.75 bits per heavy atom. The minimum atomic E-state index is 0.0341. The van der Waals surface area contributed by atoms with Gasteiger partial charge in [-0.15, -0.1) is 0 Å². The molecule has 1 saturated heterocycles. The summed E-state index contributed by atoms with van der Waals surface area (Å²) in [4.78, 5) is 21.3. The van der Waals surface area contributed by atoms with Crippen LogP contribution in [0.2, 0.25) is 0 Å². The molecule has 2 aromatic rings. The summed E-state index contributed by atoms with van der Waals surface area (Å²) in [5.74, 6) is 2.35. The zero-order valence-corrected chi connectivity index (χ0v) is 13.6. The van der Waals surface area contributed by atoms with Crippen molar-refractivity contribution in [3.63, 3.8) is 0 Å². The first-order valence-corrected chi connectivity index (χ1v) is 8.21. The first kappa shape index (κ1) is 14.9. The number of carbonyl (C=O) groups is 1. The molecule has 0 saturated carbocycles. The fourth-order valence-electron chi connectivity index (χ4n) is 3.15. The molecule has 1 amide bonds. The van der Waals surface area contributed by atoms with Crippen molar-refractivity contribution in [1.29, 1.82) is 0 Å². The lowest BCUT2D eigenvalue weighted by Crippen LogP contribution is -2.49. The lowest BCUT2D eigenvalue weighted by Gasteiger charge is -2.35. The van der Waals surface area contributed by atoms with Crippen LogP contribution >= 0.6 is 0 Å². The Labute approximate surface area is 140 Å². The van der Waals surface area contributed by atoms with Crippen LogP contribution in [-0.2, 0) is 6.54 Å². The Morgan fingerprint density at radius 1 is 1.17 bits per heavy atom. The highest BCUT2D eigenvalue weighted by molar-refractivity contribution is 5.95. The number of hydrogen-bond donors (Lipinski definition) is 0. The Morgan fingerprint density at radius 2 is 1.96 bits per heavy atom. The third-order valence-electron chi connectivity index (χ3n) is 4.50. The van der Waals surface area contributed by atoms with Gasteiger partial charge in [-0.05, 0) is 25.1 Å². The fraction of sp³-hybridized carbons (Fsp3) is 0.412. The van der Waals surface area contributed by atoms with E-state index in [1.807, 2.05) is 17.3 Å². The third kappa shape index (κ3) is 2.55. The van der Waals surface area contributed by atoms with Gasteiger partial charge in [0.1, 0.15) is 0 Å². The predicted octanol–water partition coefficient (Wildman–Crippen LogP) is 1.59. The minimum Gasteiger partial charge on any atom is -0.454 e. The highest BCUT2D eigenvalue weighted by Gasteiger charge is 2.25. The Balaban J connectivity index is 1.43. The van der Waals surface area contributed by atoms with Crippen LogP contribution in [0.5, 0.6) is 11.5 Å². The molecule has 1 fully saturated rings. The molecule has 0 N–H and O–H groups in total. The van der Waals surface area contributed by atoms with Crippen molar-refractivity contribution in [3.05, 3.63) is 36.2 Å². The van der Waals surface area contributed by atoms with E-state index in [0.717, 1.165) is 25.6 Å². The summed E-state index contributed by atoms with van der Waals surface area (Å²) in [6.45, 7) is 6.15. The van der Waals surface area contributed by atoms with E-state index in [2.05, 4.69) is 21.4 Å². The molecular formula is C17H20N4O3. The van der Waals surface area contributed by atoms with Crippen molar-refractivity contribution in [3.8, 4) is 11.5 Å². The average molecular weight is 328 g/mol. The Hall–Kier alpha value is -2.70. The van der Waals surface area contributed by atoms with Gasteiger partial charge in [-0.2, -0.15) is 0 Å². The van der Waals surface area contributed by atoms with Gasteiger partial charge in [0, 0.05) is 50.7 Å². The lowest BCUT2D eigenvalue weighted by atomic mass is 10.1. The molecule has 7 heteroatoms. The van der Waals surface area contributed by atoms with Gasteiger partial charge in [0.15, 0.2) is 11.5 Å². The van der Waals surface area contributed by atoms with Crippen LogP contribution in [0.3, 0.4) is 0 Å². The van der Waals surface area contributed by atoms with Gasteiger partial charge < -0.3 is 23.8 Å². The number of aryl methyl sites for hydroxylation is 1. The van der Waals surface area contributed by atoms with Crippen molar-refractivity contribution in [2.75, 3.05) is 37.9 Å². The molecule has 1 aromatic carbocycles. The number of nitrogens with zero attached hydrogens (tertiary/aromatic N) is 4. The maximum Gasteiger partial charge on any atom is 0.254 e. The van der Waals surface area contributed by atoms with Crippen molar-refractivity contribution in [1.82, 2.24) is 14.5 Å². The van der Waals surface area contributed by atoms with E-state index in [0.29, 0.717) is 30.2 Å². The molecule has 7 nitrogen and oxygen atoms in total. The smallest absolute Gasteiger partial charge is 0.254 e. The highest BCUT2D eigenvalue weighted by atomic mass is 16.7. The summed E-state index contributed by atoms with van der Waals surface area (Å²) in [6.07, 6.45) is 3.81. The molecule has 0 spiro atoms. The molecule has 126 valence electrons. The van der Waals surface area contributed by atoms with Gasteiger partial charge in [-0.25, -0.2) is 4.98 Å². The van der Waals surface area contributed by atoms with Gasteiger partial charge in [0.2, 0.25) is 12.7 Å². The van der Waals surface area contributed by atoms with Gasteiger partial charge in [0.25, 0.3) is 5.91 Å². The minimum absolute atomic E-state index is 0.0341. The first-order valence-electron chi connectivity index (χ1n) is 8.21. The summed E-state index contributed by atoms with van der Waals surface area (Å²) < 4.78 is 12.8. The lowest BCUT2D eigenvalue weighted by molar-refractivity contribution is 0.0745. The number of carbonyl (C=O) groups excluding carboxylic acids is 1. The number of rotatable bonds is 3. The summed E-state index contributed by atoms with van der Waals surface area (Å²) in [6, 6.07) is 5.36. The van der Waals surface area contributed by atoms with Crippen LogP contribution < -0.4 is 14.4 Å². The van der Waals surface area contributed by atoms with Crippen LogP contribution in [0.25, 0.3) is 0 Å². The van der Waals surface area contributed by atoms with E-state index in [1.165, 1.54) is 0 Å². The zero-order valence-electron chi connectivity index (χ0n) is 13.6. The van der Waals surface area contributed by atoms with Crippen molar-refractivity contribution in [2.45, 2.75) is 13.5 Å². The average Bonchev–Trinajstić information content (AvgIpc) is 3.29. The SMILES string of the molecule is CCn1ccnc1N1CCN(C(=O)c2ccc3c(c2)OCO3)CC1. The fourth-order valence-corrected chi connectivity index (χ4v) is 3.15. The highest BCUT2D eigenvalue weighted by Crippen LogP contribution is 2.32. The van der Waals surface area contributed by atoms with Crippen LogP contribution in [-0.4, -0.2) is 53.3 Å². The Bertz CT molecular complexity index is 750. The molecular weight excluding hydrogens is 308 g/mol. The van der Waals surface area contributed by atoms with E-state index < -0.39 is 0 Å². The molecule has 4 rings (SSSR count). The van der Waals surface area contributed by atoms with Gasteiger partial charge in [-0.1, -0.05) is 0 Å². The maximum absolute atomic E-state index is 12.7. The molecule has 1 aromatic heterocycles. The van der Waals surface area contributed by atoms with E-state index >= 15 is 0 Å². The summed E-state index contributed by atoms with van der Waals surface area (Å²) in [7, 11) is 0. The monoisotopic (exact) mass is 328 g/mol. The summed E-state index contributed by atoms with van der Waals surface area (Å²) in [5.41, 5.74) is 0.641. The zero-order chi connectivity index (χ0) is 16.5. The number of imidazole rings is 1. The molecule has 0 unspecified atom stereocenters. The van der Waals surface area contributed by atoms with Crippen LogP contribution in [0.4, 0.5) is 5.95 Å². The number of amides is 1. The number of aromatic nitrogens is 2. The Kier molecular flexibility index (Phi) is 3.76. The van der Waals surface area contributed by atoms with Crippen molar-refractivity contribution >= 4 is 11.9 Å². The second-order valence-corrected chi connectivity index (χ2v) is 5.86. The molecule has 3 heterocycles. The molecule has 0 bridgehead atoms. The number of ether oxygens (including phenoxy) is 2. The molecule has 2 aliphatic heterocycles. The second-order valence-electron chi connectivity index (χ2n) is 5.86. The molecule has 24 heavy (non-hydrogen) atoms. The number of anilines is 1. The van der Waals surface area contributed by atoms with Crippen LogP contribution in [0.1, 0.15) is 17.3 Å². The van der Waals surface area contributed by atoms with E-state index in [4.69, 9.17) is 9.47 Å². The molecule has 0 radical (unpaired) electrons. The standard InChI is InChI=1S/C17H20N4O3/c1-2-19-6-5-18-17(19)21-9-7-20(8-10-21)16(22)13-3-4-14-15(11-13)24-12-23-14/h3-6,11H,2,7-10,12H2,1H3. The molecule has 0 aliphatic carbocycles. The van der Waals surface area contributed by atoms with Crippen LogP contribution in [0, 0.1) is 0 Å². The van der Waals surface area contributed by atoms with Crippen LogP contribution in [0.15, 0.2) is 30.6 Å². The van der Waals surface area contributed by atoms with Gasteiger partial charge >= 0.3 is 0 Å². The number of fused-ring (bicyclic) bond motifs is 1. The number of hydrogen-bond acceptors (Lipinski definition) is 5. The van der Waals surface area contributed by atoms with Crippen molar-refractivity contribution < 1.29 is 14.3 Å². The summed E-state index contributed by atoms with van der Waals surface area (Å²) in [5, 5.41) is 0. The van der Waals surface area contributed by atoms with Crippen molar-refractivity contribution in [2.24, 2.45) is 0 Å². The maximum atomic E-state index is 12.7. The third-order valence-corrected chi connectivity index (χ3v) is 4.50. The van der Waals surface area contributed by atoms with Gasteiger partial charge in [-0.3, -0.25) is 4.79 Å². The largest absolute Gasteiger partial charge is 0.454 e. The van der Waals surface area contributed by atoms with E-state index in [9.17, 15) is 4.79 Å². The first-order chi connectivity index (χ1) is 11.8.